The van der Waals surface area contributed by atoms with E-state index >= 15 is 0 Å². The van der Waals surface area contributed by atoms with Crippen molar-refractivity contribution in [2.75, 3.05) is 0 Å². The van der Waals surface area contributed by atoms with E-state index in [1.807, 2.05) is 24.3 Å². The molecule has 2 heterocycles. The summed E-state index contributed by atoms with van der Waals surface area (Å²) in [5.41, 5.74) is 3.92. The Hall–Kier alpha value is -4.26. The molecule has 0 aliphatic heterocycles. The van der Waals surface area contributed by atoms with Gasteiger partial charge in [-0.05, 0) is 60.2 Å². The van der Waals surface area contributed by atoms with Gasteiger partial charge in [0.2, 0.25) is 0 Å². The van der Waals surface area contributed by atoms with Crippen molar-refractivity contribution in [1.82, 2.24) is 20.3 Å². The molecule has 0 spiro atoms. The van der Waals surface area contributed by atoms with Gasteiger partial charge in [0.15, 0.2) is 0 Å². The monoisotopic (exact) mass is 480 g/mol. The van der Waals surface area contributed by atoms with Gasteiger partial charge in [-0.3, -0.25) is 14.6 Å². The largest absolute Gasteiger partial charge is 0.507 e. The second-order valence-electron chi connectivity index (χ2n) is 9.21. The number of nitrogens with zero attached hydrogens (tertiary/aromatic N) is 2. The molecule has 182 valence electrons. The molecule has 3 N–H and O–H groups in total. The van der Waals surface area contributed by atoms with E-state index in [4.69, 9.17) is 0 Å². The molecule has 2 aromatic heterocycles. The van der Waals surface area contributed by atoms with Crippen molar-refractivity contribution >= 4 is 28.8 Å². The number of hydrogen-bond donors (Lipinski definition) is 3. The summed E-state index contributed by atoms with van der Waals surface area (Å²) in [6, 6.07) is 16.5. The van der Waals surface area contributed by atoms with Crippen LogP contribution in [0.25, 0.3) is 22.9 Å². The van der Waals surface area contributed by atoms with Crippen molar-refractivity contribution in [1.29, 1.82) is 0 Å². The van der Waals surface area contributed by atoms with Gasteiger partial charge in [0.05, 0.1) is 11.0 Å². The summed E-state index contributed by atoms with van der Waals surface area (Å²) in [4.78, 5) is 36.4. The SMILES string of the molecule is O=C(NCc1ccncc1)c1ccc2nc(/C=C(\O)c3ccc(C4CCCCC4)cc3)c(=O)[nH]c2c1. The summed E-state index contributed by atoms with van der Waals surface area (Å²) in [5, 5.41) is 13.5. The molecule has 0 bridgehead atoms. The average Bonchev–Trinajstić information content (AvgIpc) is 2.93. The third-order valence-electron chi connectivity index (χ3n) is 6.74. The number of carbonyl (C=O) groups excluding carboxylic acids is 1. The minimum absolute atomic E-state index is 0.0188. The Bertz CT molecular complexity index is 1450. The first-order valence-electron chi connectivity index (χ1n) is 12.3. The number of hydrogen-bond acceptors (Lipinski definition) is 5. The van der Waals surface area contributed by atoms with Crippen molar-refractivity contribution in [3.63, 3.8) is 0 Å². The second-order valence-corrected chi connectivity index (χ2v) is 9.21. The van der Waals surface area contributed by atoms with Crippen LogP contribution in [0.5, 0.6) is 0 Å². The maximum atomic E-state index is 12.7. The number of aliphatic hydroxyl groups is 1. The molecule has 1 fully saturated rings. The van der Waals surface area contributed by atoms with Crippen molar-refractivity contribution < 1.29 is 9.90 Å². The quantitative estimate of drug-likeness (QED) is 0.322. The normalized spacial score (nSPS) is 14.6. The van der Waals surface area contributed by atoms with Gasteiger partial charge in [-0.15, -0.1) is 0 Å². The van der Waals surface area contributed by atoms with Crippen molar-refractivity contribution in [2.24, 2.45) is 0 Å². The van der Waals surface area contributed by atoms with Crippen LogP contribution in [0.1, 0.15) is 70.8 Å². The highest BCUT2D eigenvalue weighted by Crippen LogP contribution is 2.33. The molecule has 2 aromatic carbocycles. The molecule has 1 amide bonds. The first-order chi connectivity index (χ1) is 17.6. The summed E-state index contributed by atoms with van der Waals surface area (Å²) in [7, 11) is 0. The smallest absolute Gasteiger partial charge is 0.274 e. The lowest BCUT2D eigenvalue weighted by atomic mass is 9.84. The Labute approximate surface area is 209 Å². The van der Waals surface area contributed by atoms with Crippen molar-refractivity contribution in [2.45, 2.75) is 44.6 Å². The molecule has 4 aromatic rings. The summed E-state index contributed by atoms with van der Waals surface area (Å²) >= 11 is 0. The molecule has 7 nitrogen and oxygen atoms in total. The van der Waals surface area contributed by atoms with E-state index < -0.39 is 5.56 Å². The number of carbonyl (C=O) groups is 1. The van der Waals surface area contributed by atoms with Gasteiger partial charge < -0.3 is 15.4 Å². The van der Waals surface area contributed by atoms with Crippen LogP contribution in [0.4, 0.5) is 0 Å². The molecular weight excluding hydrogens is 452 g/mol. The van der Waals surface area contributed by atoms with Crippen molar-refractivity contribution in [3.8, 4) is 0 Å². The number of aromatic amines is 1. The van der Waals surface area contributed by atoms with Crippen LogP contribution >= 0.6 is 0 Å². The topological polar surface area (TPSA) is 108 Å². The molecule has 0 saturated heterocycles. The minimum Gasteiger partial charge on any atom is -0.507 e. The lowest BCUT2D eigenvalue weighted by Gasteiger charge is -2.22. The molecule has 36 heavy (non-hydrogen) atoms. The van der Waals surface area contributed by atoms with Crippen LogP contribution in [-0.4, -0.2) is 26.0 Å². The lowest BCUT2D eigenvalue weighted by molar-refractivity contribution is 0.0951. The summed E-state index contributed by atoms with van der Waals surface area (Å²) in [6.07, 6.45) is 11.0. The lowest BCUT2D eigenvalue weighted by Crippen LogP contribution is -2.23. The summed E-state index contributed by atoms with van der Waals surface area (Å²) < 4.78 is 0. The van der Waals surface area contributed by atoms with E-state index in [2.05, 4.69) is 32.4 Å². The average molecular weight is 481 g/mol. The number of amides is 1. The third-order valence-corrected chi connectivity index (χ3v) is 6.74. The van der Waals surface area contributed by atoms with E-state index in [9.17, 15) is 14.7 Å². The van der Waals surface area contributed by atoms with E-state index in [1.54, 1.807) is 30.6 Å². The zero-order valence-corrected chi connectivity index (χ0v) is 19.9. The van der Waals surface area contributed by atoms with Gasteiger partial charge in [-0.25, -0.2) is 4.98 Å². The summed E-state index contributed by atoms with van der Waals surface area (Å²) in [6.45, 7) is 0.374. The number of H-pyrrole nitrogens is 1. The van der Waals surface area contributed by atoms with Crippen LogP contribution in [0.15, 0.2) is 71.8 Å². The highest BCUT2D eigenvalue weighted by atomic mass is 16.3. The number of nitrogens with one attached hydrogen (secondary N) is 2. The minimum atomic E-state index is -0.442. The Kier molecular flexibility index (Phi) is 6.89. The number of fused-ring (bicyclic) bond motifs is 1. The predicted octanol–water partition coefficient (Wildman–Crippen LogP) is 5.35. The van der Waals surface area contributed by atoms with Crippen LogP contribution in [0.2, 0.25) is 0 Å². The fourth-order valence-corrected chi connectivity index (χ4v) is 4.70. The first kappa shape index (κ1) is 23.5. The maximum absolute atomic E-state index is 12.7. The molecular formula is C29H28N4O3. The fourth-order valence-electron chi connectivity index (χ4n) is 4.70. The summed E-state index contributed by atoms with van der Waals surface area (Å²) in [5.74, 6) is 0.314. The first-order valence-corrected chi connectivity index (χ1v) is 12.3. The fraction of sp³-hybridized carbons (Fsp3) is 0.241. The highest BCUT2D eigenvalue weighted by molar-refractivity contribution is 5.97. The Balaban J connectivity index is 1.32. The van der Waals surface area contributed by atoms with Crippen LogP contribution in [0.3, 0.4) is 0 Å². The molecule has 0 atom stereocenters. The Morgan fingerprint density at radius 1 is 1.00 bits per heavy atom. The predicted molar refractivity (Wildman–Crippen MR) is 141 cm³/mol. The highest BCUT2D eigenvalue weighted by Gasteiger charge is 2.16. The van der Waals surface area contributed by atoms with Gasteiger partial charge >= 0.3 is 0 Å². The van der Waals surface area contributed by atoms with Gasteiger partial charge in [0, 0.05) is 36.1 Å². The number of rotatable bonds is 6. The zero-order chi connectivity index (χ0) is 24.9. The van der Waals surface area contributed by atoms with E-state index in [0.717, 1.165) is 5.56 Å². The molecule has 0 unspecified atom stereocenters. The van der Waals surface area contributed by atoms with E-state index in [0.29, 0.717) is 34.6 Å². The Morgan fingerprint density at radius 2 is 1.72 bits per heavy atom. The van der Waals surface area contributed by atoms with Gasteiger partial charge in [0.1, 0.15) is 11.5 Å². The number of benzene rings is 2. The molecule has 5 rings (SSSR count). The van der Waals surface area contributed by atoms with Crippen molar-refractivity contribution in [3.05, 3.63) is 105 Å². The number of aromatic nitrogens is 3. The molecule has 0 radical (unpaired) electrons. The van der Waals surface area contributed by atoms with Crippen LogP contribution in [-0.2, 0) is 6.54 Å². The zero-order valence-electron chi connectivity index (χ0n) is 19.9. The molecule has 1 saturated carbocycles. The van der Waals surface area contributed by atoms with Gasteiger partial charge in [0.25, 0.3) is 11.5 Å². The Morgan fingerprint density at radius 3 is 2.47 bits per heavy atom. The van der Waals surface area contributed by atoms with Crippen LogP contribution in [0, 0.1) is 0 Å². The second kappa shape index (κ2) is 10.6. The molecule has 7 heteroatoms. The molecule has 1 aliphatic carbocycles. The van der Waals surface area contributed by atoms with Gasteiger partial charge in [-0.1, -0.05) is 43.5 Å². The number of aliphatic hydroxyl groups excluding tert-OH is 1. The number of pyridine rings is 1. The van der Waals surface area contributed by atoms with E-state index in [-0.39, 0.29) is 17.4 Å². The third kappa shape index (κ3) is 5.35. The maximum Gasteiger partial charge on any atom is 0.274 e. The van der Waals surface area contributed by atoms with Gasteiger partial charge in [-0.2, -0.15) is 0 Å². The van der Waals surface area contributed by atoms with E-state index in [1.165, 1.54) is 43.7 Å². The standard InChI is InChI=1S/C29H28N4O3/c34-27(22-8-6-21(7-9-22)20-4-2-1-3-5-20)17-26-29(36)33-25-16-23(10-11-24(25)32-26)28(35)31-18-19-12-14-30-15-13-19/h6-17,20,34H,1-5,18H2,(H,31,35)(H,33,36)/b27-17-. The van der Waals surface area contributed by atoms with Crippen LogP contribution < -0.4 is 10.9 Å². The molecule has 1 aliphatic rings.